The number of fused-ring (bicyclic) bond motifs is 1. The first kappa shape index (κ1) is 14.6. The van der Waals surface area contributed by atoms with Crippen molar-refractivity contribution in [3.63, 3.8) is 0 Å². The highest BCUT2D eigenvalue weighted by Gasteiger charge is 2.32. The summed E-state index contributed by atoms with van der Waals surface area (Å²) in [5.74, 6) is 1.23. The number of nitrogens with two attached hydrogens (primary N) is 1. The minimum absolute atomic E-state index is 0.279. The highest BCUT2D eigenvalue weighted by Crippen LogP contribution is 2.38. The summed E-state index contributed by atoms with van der Waals surface area (Å²) in [7, 11) is 0. The summed E-state index contributed by atoms with van der Waals surface area (Å²) in [5, 5.41) is 0. The van der Waals surface area contributed by atoms with E-state index in [1.807, 2.05) is 0 Å². The second-order valence-electron chi connectivity index (χ2n) is 6.71. The summed E-state index contributed by atoms with van der Waals surface area (Å²) in [6, 6.07) is 6.58. The van der Waals surface area contributed by atoms with Crippen molar-refractivity contribution in [2.24, 2.45) is 11.1 Å². The molecular formula is C18H27N3. The molecule has 0 spiro atoms. The summed E-state index contributed by atoms with van der Waals surface area (Å²) in [5.41, 5.74) is 10.1. The third-order valence-electron chi connectivity index (χ3n) is 5.18. The number of hydrogen-bond acceptors (Lipinski definition) is 2. The van der Waals surface area contributed by atoms with Crippen LogP contribution in [0.25, 0.3) is 11.0 Å². The van der Waals surface area contributed by atoms with Crippen molar-refractivity contribution in [3.05, 3.63) is 29.6 Å². The van der Waals surface area contributed by atoms with E-state index in [0.717, 1.165) is 25.0 Å². The van der Waals surface area contributed by atoms with Gasteiger partial charge in [-0.1, -0.05) is 25.3 Å². The third-order valence-corrected chi connectivity index (χ3v) is 5.18. The SMILES string of the molecule is CCn1c(CC2(CN)CCCCC2)nc2cc(C)ccc21. The highest BCUT2D eigenvalue weighted by molar-refractivity contribution is 5.76. The van der Waals surface area contributed by atoms with Crippen LogP contribution in [0.5, 0.6) is 0 Å². The molecule has 1 fully saturated rings. The molecule has 1 aliphatic carbocycles. The molecule has 0 atom stereocenters. The van der Waals surface area contributed by atoms with Gasteiger partial charge in [0.2, 0.25) is 0 Å². The third kappa shape index (κ3) is 2.71. The molecule has 1 aromatic carbocycles. The van der Waals surface area contributed by atoms with Gasteiger partial charge in [-0.2, -0.15) is 0 Å². The molecule has 0 unspecified atom stereocenters. The van der Waals surface area contributed by atoms with Gasteiger partial charge in [0, 0.05) is 13.0 Å². The van der Waals surface area contributed by atoms with E-state index in [1.165, 1.54) is 49.0 Å². The molecule has 0 aliphatic heterocycles. The summed E-state index contributed by atoms with van der Waals surface area (Å²) < 4.78 is 2.38. The quantitative estimate of drug-likeness (QED) is 0.928. The molecule has 0 saturated heterocycles. The van der Waals surface area contributed by atoms with E-state index in [0.29, 0.717) is 0 Å². The summed E-state index contributed by atoms with van der Waals surface area (Å²) in [4.78, 5) is 4.94. The van der Waals surface area contributed by atoms with Crippen molar-refractivity contribution >= 4 is 11.0 Å². The van der Waals surface area contributed by atoms with Crippen LogP contribution in [0.15, 0.2) is 18.2 Å². The average molecular weight is 285 g/mol. The molecule has 3 heteroatoms. The lowest BCUT2D eigenvalue weighted by molar-refractivity contribution is 0.192. The number of rotatable bonds is 4. The van der Waals surface area contributed by atoms with Crippen molar-refractivity contribution in [3.8, 4) is 0 Å². The van der Waals surface area contributed by atoms with E-state index in [9.17, 15) is 0 Å². The smallest absolute Gasteiger partial charge is 0.110 e. The fraction of sp³-hybridized carbons (Fsp3) is 0.611. The van der Waals surface area contributed by atoms with Crippen LogP contribution >= 0.6 is 0 Å². The highest BCUT2D eigenvalue weighted by atomic mass is 15.1. The van der Waals surface area contributed by atoms with Gasteiger partial charge in [-0.15, -0.1) is 0 Å². The fourth-order valence-corrected chi connectivity index (χ4v) is 3.87. The fourth-order valence-electron chi connectivity index (χ4n) is 3.87. The lowest BCUT2D eigenvalue weighted by Crippen LogP contribution is -2.35. The van der Waals surface area contributed by atoms with E-state index in [2.05, 4.69) is 36.6 Å². The summed E-state index contributed by atoms with van der Waals surface area (Å²) >= 11 is 0. The Labute approximate surface area is 127 Å². The van der Waals surface area contributed by atoms with Crippen LogP contribution in [-0.4, -0.2) is 16.1 Å². The van der Waals surface area contributed by atoms with Gasteiger partial charge in [-0.25, -0.2) is 4.98 Å². The van der Waals surface area contributed by atoms with E-state index in [-0.39, 0.29) is 5.41 Å². The first-order valence-corrected chi connectivity index (χ1v) is 8.33. The van der Waals surface area contributed by atoms with Crippen LogP contribution in [0.1, 0.15) is 50.4 Å². The second-order valence-corrected chi connectivity index (χ2v) is 6.71. The van der Waals surface area contributed by atoms with Gasteiger partial charge in [-0.05, 0) is 56.3 Å². The van der Waals surface area contributed by atoms with Crippen molar-refractivity contribution in [2.75, 3.05) is 6.54 Å². The van der Waals surface area contributed by atoms with E-state index in [1.54, 1.807) is 0 Å². The maximum absolute atomic E-state index is 6.16. The molecule has 114 valence electrons. The molecule has 0 radical (unpaired) electrons. The maximum atomic E-state index is 6.16. The van der Waals surface area contributed by atoms with Gasteiger partial charge < -0.3 is 10.3 Å². The topological polar surface area (TPSA) is 43.8 Å². The van der Waals surface area contributed by atoms with Crippen molar-refractivity contribution in [2.45, 2.75) is 58.9 Å². The van der Waals surface area contributed by atoms with Crippen molar-refractivity contribution in [1.82, 2.24) is 9.55 Å². The Morgan fingerprint density at radius 2 is 2.00 bits per heavy atom. The predicted molar refractivity (Wildman–Crippen MR) is 88.4 cm³/mol. The Bertz CT molecular complexity index is 621. The first-order valence-electron chi connectivity index (χ1n) is 8.33. The number of hydrogen-bond donors (Lipinski definition) is 1. The Morgan fingerprint density at radius 3 is 2.67 bits per heavy atom. The lowest BCUT2D eigenvalue weighted by atomic mass is 9.71. The van der Waals surface area contributed by atoms with Gasteiger partial charge in [0.1, 0.15) is 5.82 Å². The molecule has 0 amide bonds. The van der Waals surface area contributed by atoms with Crippen LogP contribution in [0, 0.1) is 12.3 Å². The first-order chi connectivity index (χ1) is 10.2. The number of aryl methyl sites for hydroxylation is 2. The standard InChI is InChI=1S/C18H27N3/c1-3-21-16-8-7-14(2)11-15(16)20-17(21)12-18(13-19)9-5-4-6-10-18/h7-8,11H,3-6,9-10,12-13,19H2,1-2H3. The maximum Gasteiger partial charge on any atom is 0.110 e. The number of nitrogens with zero attached hydrogens (tertiary/aromatic N) is 2. The molecule has 2 N–H and O–H groups in total. The molecule has 0 bridgehead atoms. The van der Waals surface area contributed by atoms with Crippen LogP contribution < -0.4 is 5.73 Å². The predicted octanol–water partition coefficient (Wildman–Crippen LogP) is 3.82. The van der Waals surface area contributed by atoms with Crippen LogP contribution in [0.2, 0.25) is 0 Å². The van der Waals surface area contributed by atoms with Crippen LogP contribution in [0.3, 0.4) is 0 Å². The molecule has 21 heavy (non-hydrogen) atoms. The normalized spacial score (nSPS) is 18.2. The zero-order valence-corrected chi connectivity index (χ0v) is 13.4. The Kier molecular flexibility index (Phi) is 4.03. The number of benzene rings is 1. The monoisotopic (exact) mass is 285 g/mol. The largest absolute Gasteiger partial charge is 0.330 e. The van der Waals surface area contributed by atoms with Crippen molar-refractivity contribution in [1.29, 1.82) is 0 Å². The van der Waals surface area contributed by atoms with Gasteiger partial charge in [0.05, 0.1) is 11.0 Å². The van der Waals surface area contributed by atoms with Gasteiger partial charge in [-0.3, -0.25) is 0 Å². The Hall–Kier alpha value is -1.35. The van der Waals surface area contributed by atoms with Crippen molar-refractivity contribution < 1.29 is 0 Å². The number of aromatic nitrogens is 2. The molecule has 3 nitrogen and oxygen atoms in total. The second kappa shape index (κ2) is 5.80. The van der Waals surface area contributed by atoms with Gasteiger partial charge in [0.25, 0.3) is 0 Å². The molecule has 3 rings (SSSR count). The lowest BCUT2D eigenvalue weighted by Gasteiger charge is -2.36. The zero-order valence-electron chi connectivity index (χ0n) is 13.4. The molecule has 1 aliphatic rings. The Morgan fingerprint density at radius 1 is 1.24 bits per heavy atom. The number of imidazole rings is 1. The molecule has 1 aromatic heterocycles. The minimum Gasteiger partial charge on any atom is -0.330 e. The molecule has 1 heterocycles. The molecule has 1 saturated carbocycles. The molecular weight excluding hydrogens is 258 g/mol. The minimum atomic E-state index is 0.279. The zero-order chi connectivity index (χ0) is 14.9. The summed E-state index contributed by atoms with van der Waals surface area (Å²) in [6.07, 6.45) is 7.56. The van der Waals surface area contributed by atoms with E-state index in [4.69, 9.17) is 10.7 Å². The van der Waals surface area contributed by atoms with Crippen LogP contribution in [0.4, 0.5) is 0 Å². The average Bonchev–Trinajstić information content (AvgIpc) is 2.84. The van der Waals surface area contributed by atoms with Gasteiger partial charge in [0.15, 0.2) is 0 Å². The summed E-state index contributed by atoms with van der Waals surface area (Å²) in [6.45, 7) is 6.11. The van der Waals surface area contributed by atoms with Crippen LogP contribution in [-0.2, 0) is 13.0 Å². The van der Waals surface area contributed by atoms with Gasteiger partial charge >= 0.3 is 0 Å². The van der Waals surface area contributed by atoms with E-state index >= 15 is 0 Å². The van der Waals surface area contributed by atoms with E-state index < -0.39 is 0 Å². The molecule has 2 aromatic rings. The Balaban J connectivity index is 1.99.